The van der Waals surface area contributed by atoms with Gasteiger partial charge in [-0.3, -0.25) is 4.90 Å². The van der Waals surface area contributed by atoms with Crippen LogP contribution in [0.4, 0.5) is 8.78 Å². The molecule has 0 aliphatic carbocycles. The molecule has 1 aliphatic rings. The predicted octanol–water partition coefficient (Wildman–Crippen LogP) is 5.47. The van der Waals surface area contributed by atoms with Crippen LogP contribution in [0.2, 0.25) is 0 Å². The highest BCUT2D eigenvalue weighted by Crippen LogP contribution is 2.41. The zero-order chi connectivity index (χ0) is 26.5. The Kier molecular flexibility index (Phi) is 8.38. The molecule has 0 aromatic heterocycles. The van der Waals surface area contributed by atoms with E-state index >= 15 is 0 Å². The van der Waals surface area contributed by atoms with Gasteiger partial charge in [0, 0.05) is 37.2 Å². The number of likely N-dealkylation sites (tertiary alicyclic amines) is 1. The monoisotopic (exact) mass is 513 g/mol. The van der Waals surface area contributed by atoms with Crippen molar-refractivity contribution < 1.29 is 32.5 Å². The average Bonchev–Trinajstić information content (AvgIpc) is 3.29. The second kappa shape index (κ2) is 11.7. The van der Waals surface area contributed by atoms with Gasteiger partial charge in [-0.2, -0.15) is 0 Å². The predicted molar refractivity (Wildman–Crippen MR) is 137 cm³/mol. The Hall–Kier alpha value is -3.52. The van der Waals surface area contributed by atoms with Crippen molar-refractivity contribution in [1.82, 2.24) is 4.90 Å². The zero-order valence-corrected chi connectivity index (χ0v) is 21.8. The van der Waals surface area contributed by atoms with Gasteiger partial charge in [0.2, 0.25) is 0 Å². The van der Waals surface area contributed by atoms with Crippen LogP contribution in [0.1, 0.15) is 22.6 Å². The highest BCUT2D eigenvalue weighted by Gasteiger charge is 2.35. The normalized spacial score (nSPS) is 17.5. The van der Waals surface area contributed by atoms with Crippen molar-refractivity contribution >= 4 is 0 Å². The molecule has 0 spiro atoms. The summed E-state index contributed by atoms with van der Waals surface area (Å²) in [6.45, 7) is 2.18. The molecule has 8 heteroatoms. The zero-order valence-electron chi connectivity index (χ0n) is 21.8. The number of hydrogen-bond acceptors (Lipinski definition) is 6. The Labute approximate surface area is 216 Å². The fourth-order valence-electron chi connectivity index (χ4n) is 5.27. The molecule has 0 N–H and O–H groups in total. The fourth-order valence-corrected chi connectivity index (χ4v) is 5.27. The van der Waals surface area contributed by atoms with Gasteiger partial charge in [0.05, 0.1) is 35.5 Å². The number of ether oxygens (including phenoxy) is 5. The van der Waals surface area contributed by atoms with Crippen LogP contribution in [-0.2, 0) is 13.0 Å². The minimum absolute atomic E-state index is 0.0772. The summed E-state index contributed by atoms with van der Waals surface area (Å²) in [6, 6.07) is 14.0. The molecule has 3 aromatic rings. The number of benzene rings is 3. The van der Waals surface area contributed by atoms with E-state index in [4.69, 9.17) is 23.7 Å². The average molecular weight is 514 g/mol. The van der Waals surface area contributed by atoms with Crippen LogP contribution < -0.4 is 23.7 Å². The summed E-state index contributed by atoms with van der Waals surface area (Å²) in [5.74, 6) is 1.59. The molecule has 6 nitrogen and oxygen atoms in total. The largest absolute Gasteiger partial charge is 0.493 e. The van der Waals surface area contributed by atoms with Crippen molar-refractivity contribution in [1.29, 1.82) is 0 Å². The van der Waals surface area contributed by atoms with Crippen LogP contribution in [0.5, 0.6) is 28.7 Å². The van der Waals surface area contributed by atoms with E-state index in [1.807, 2.05) is 36.4 Å². The first-order chi connectivity index (χ1) is 17.9. The second-order valence-electron chi connectivity index (χ2n) is 9.15. The molecule has 1 aliphatic heterocycles. The van der Waals surface area contributed by atoms with E-state index in [1.165, 1.54) is 13.2 Å². The third-order valence-electron chi connectivity index (χ3n) is 6.98. The molecule has 3 aromatic carbocycles. The van der Waals surface area contributed by atoms with Gasteiger partial charge < -0.3 is 23.7 Å². The summed E-state index contributed by atoms with van der Waals surface area (Å²) < 4.78 is 55.7. The molecule has 0 amide bonds. The SMILES string of the molecule is COc1ccc(CN2CC(Cc3cc(F)cc(F)c3OC)C(c3ccc(OC)c(OC)c3)C2)cc1OC. The molecule has 2 unspecified atom stereocenters. The first-order valence-electron chi connectivity index (χ1n) is 12.1. The number of halogens is 2. The third kappa shape index (κ3) is 5.74. The van der Waals surface area contributed by atoms with Crippen LogP contribution in [-0.4, -0.2) is 53.5 Å². The number of rotatable bonds is 10. The van der Waals surface area contributed by atoms with Crippen molar-refractivity contribution in [2.24, 2.45) is 5.92 Å². The molecule has 0 saturated carbocycles. The molecular weight excluding hydrogens is 480 g/mol. The van der Waals surface area contributed by atoms with E-state index in [-0.39, 0.29) is 17.6 Å². The Morgan fingerprint density at radius 3 is 2.03 bits per heavy atom. The molecule has 2 atom stereocenters. The van der Waals surface area contributed by atoms with E-state index in [1.54, 1.807) is 28.4 Å². The molecule has 0 radical (unpaired) electrons. The Balaban J connectivity index is 1.66. The van der Waals surface area contributed by atoms with Gasteiger partial charge in [0.1, 0.15) is 5.82 Å². The fraction of sp³-hybridized carbons (Fsp3) is 0.379. The second-order valence-corrected chi connectivity index (χ2v) is 9.15. The smallest absolute Gasteiger partial charge is 0.168 e. The summed E-state index contributed by atoms with van der Waals surface area (Å²) in [5, 5.41) is 0. The molecule has 0 bridgehead atoms. The van der Waals surface area contributed by atoms with E-state index in [9.17, 15) is 8.78 Å². The lowest BCUT2D eigenvalue weighted by Gasteiger charge is -2.21. The molecule has 1 heterocycles. The van der Waals surface area contributed by atoms with Crippen LogP contribution in [0.3, 0.4) is 0 Å². The van der Waals surface area contributed by atoms with E-state index < -0.39 is 11.6 Å². The van der Waals surface area contributed by atoms with Gasteiger partial charge in [-0.1, -0.05) is 12.1 Å². The van der Waals surface area contributed by atoms with Gasteiger partial charge in [-0.25, -0.2) is 8.78 Å². The minimum atomic E-state index is -0.694. The summed E-state index contributed by atoms with van der Waals surface area (Å²) in [7, 11) is 7.85. The van der Waals surface area contributed by atoms with Crippen molar-refractivity contribution in [3.05, 3.63) is 76.9 Å². The number of hydrogen-bond donors (Lipinski definition) is 0. The molecule has 37 heavy (non-hydrogen) atoms. The Morgan fingerprint density at radius 1 is 0.730 bits per heavy atom. The maximum atomic E-state index is 14.5. The van der Waals surface area contributed by atoms with Crippen LogP contribution >= 0.6 is 0 Å². The first-order valence-corrected chi connectivity index (χ1v) is 12.1. The quantitative estimate of drug-likeness (QED) is 0.359. The molecule has 198 valence electrons. The van der Waals surface area contributed by atoms with E-state index in [0.29, 0.717) is 41.5 Å². The van der Waals surface area contributed by atoms with Crippen LogP contribution in [0, 0.1) is 17.6 Å². The summed E-state index contributed by atoms with van der Waals surface area (Å²) in [4.78, 5) is 2.34. The maximum Gasteiger partial charge on any atom is 0.168 e. The van der Waals surface area contributed by atoms with Gasteiger partial charge in [0.25, 0.3) is 0 Å². The standard InChI is InChI=1S/C29H33F2NO5/c1-33-25-8-6-18(10-27(25)35-3)15-32-16-21(11-20-12-22(30)14-24(31)29(20)37-5)23(17-32)19-7-9-26(34-2)28(13-19)36-4/h6-10,12-14,21,23H,11,15-17H2,1-5H3. The Morgan fingerprint density at radius 2 is 1.38 bits per heavy atom. The molecule has 4 rings (SSSR count). The van der Waals surface area contributed by atoms with Gasteiger partial charge in [-0.15, -0.1) is 0 Å². The lowest BCUT2D eigenvalue weighted by molar-refractivity contribution is 0.312. The molecular formula is C29H33F2NO5. The lowest BCUT2D eigenvalue weighted by atomic mass is 9.84. The van der Waals surface area contributed by atoms with E-state index in [0.717, 1.165) is 30.3 Å². The summed E-state index contributed by atoms with van der Waals surface area (Å²) >= 11 is 0. The van der Waals surface area contributed by atoms with Gasteiger partial charge in [-0.05, 0) is 53.8 Å². The highest BCUT2D eigenvalue weighted by molar-refractivity contribution is 5.45. The topological polar surface area (TPSA) is 49.4 Å². The van der Waals surface area contributed by atoms with Crippen molar-refractivity contribution in [2.45, 2.75) is 18.9 Å². The molecule has 1 fully saturated rings. The van der Waals surface area contributed by atoms with Crippen molar-refractivity contribution in [3.63, 3.8) is 0 Å². The molecule has 1 saturated heterocycles. The van der Waals surface area contributed by atoms with Crippen LogP contribution in [0.25, 0.3) is 0 Å². The first kappa shape index (κ1) is 26.5. The minimum Gasteiger partial charge on any atom is -0.493 e. The van der Waals surface area contributed by atoms with Gasteiger partial charge in [0.15, 0.2) is 34.6 Å². The number of methoxy groups -OCH3 is 5. The van der Waals surface area contributed by atoms with E-state index in [2.05, 4.69) is 4.90 Å². The number of nitrogens with zero attached hydrogens (tertiary/aromatic N) is 1. The van der Waals surface area contributed by atoms with Crippen LogP contribution in [0.15, 0.2) is 48.5 Å². The van der Waals surface area contributed by atoms with Crippen molar-refractivity contribution in [2.75, 3.05) is 48.6 Å². The highest BCUT2D eigenvalue weighted by atomic mass is 19.1. The summed E-state index contributed by atoms with van der Waals surface area (Å²) in [6.07, 6.45) is 0.458. The van der Waals surface area contributed by atoms with Gasteiger partial charge >= 0.3 is 0 Å². The lowest BCUT2D eigenvalue weighted by Crippen LogP contribution is -2.20. The summed E-state index contributed by atoms with van der Waals surface area (Å²) in [5.41, 5.74) is 2.68. The Bertz CT molecular complexity index is 1240. The third-order valence-corrected chi connectivity index (χ3v) is 6.98. The maximum absolute atomic E-state index is 14.5. The van der Waals surface area contributed by atoms with Crippen molar-refractivity contribution in [3.8, 4) is 28.7 Å².